The van der Waals surface area contributed by atoms with E-state index >= 15 is 0 Å². The minimum absolute atomic E-state index is 0.102. The Bertz CT molecular complexity index is 1200. The topological polar surface area (TPSA) is 106 Å². The molecule has 0 bridgehead atoms. The van der Waals surface area contributed by atoms with Crippen LogP contribution < -0.4 is 20.4 Å². The van der Waals surface area contributed by atoms with E-state index < -0.39 is 0 Å². The number of carbonyl (C=O) groups excluding carboxylic acids is 1. The summed E-state index contributed by atoms with van der Waals surface area (Å²) in [5, 5.41) is 17.2. The number of ether oxygens (including phenoxy) is 1. The first-order valence-electron chi connectivity index (χ1n) is 12.2. The molecule has 198 valence electrons. The standard InChI is InChI=1S/C26H34ClN7O3/c1-6-22(17(3)27)34-15-32(4)24-21(25(34)36)10-28-26(31-24)30-19-7-8-23(18(9-19)13-35)33-11-16(2)29-20(12-33)14-37-5/h6-10,16,20,29,35H,3,11-15H2,1-2,4-5H3,(H,28,30,31). The molecule has 1 aromatic carbocycles. The molecule has 1 saturated heterocycles. The number of hydrogen-bond acceptors (Lipinski definition) is 9. The third-order valence-corrected chi connectivity index (χ3v) is 6.66. The predicted molar refractivity (Wildman–Crippen MR) is 146 cm³/mol. The van der Waals surface area contributed by atoms with Gasteiger partial charge < -0.3 is 30.3 Å². The zero-order valence-electron chi connectivity index (χ0n) is 21.7. The number of rotatable bonds is 8. The first-order valence-corrected chi connectivity index (χ1v) is 12.5. The number of carbonyl (C=O) groups is 1. The minimum Gasteiger partial charge on any atom is -0.392 e. The van der Waals surface area contributed by atoms with E-state index in [4.69, 9.17) is 16.3 Å². The highest BCUT2D eigenvalue weighted by atomic mass is 35.5. The molecule has 0 spiro atoms. The number of aromatic nitrogens is 2. The summed E-state index contributed by atoms with van der Waals surface area (Å²) in [5.74, 6) is 0.637. The maximum atomic E-state index is 13.1. The van der Waals surface area contributed by atoms with Crippen molar-refractivity contribution in [2.45, 2.75) is 32.5 Å². The predicted octanol–water partition coefficient (Wildman–Crippen LogP) is 3.03. The molecule has 2 aliphatic heterocycles. The second-order valence-corrected chi connectivity index (χ2v) is 9.79. The second kappa shape index (κ2) is 11.5. The van der Waals surface area contributed by atoms with Crippen LogP contribution in [0.25, 0.3) is 0 Å². The number of benzene rings is 1. The first kappa shape index (κ1) is 26.9. The van der Waals surface area contributed by atoms with Crippen molar-refractivity contribution in [1.29, 1.82) is 0 Å². The maximum absolute atomic E-state index is 13.1. The zero-order valence-corrected chi connectivity index (χ0v) is 22.4. The Morgan fingerprint density at radius 2 is 2.19 bits per heavy atom. The van der Waals surface area contributed by atoms with Crippen molar-refractivity contribution in [2.75, 3.05) is 55.6 Å². The first-order chi connectivity index (χ1) is 17.7. The summed E-state index contributed by atoms with van der Waals surface area (Å²) >= 11 is 6.10. The lowest BCUT2D eigenvalue weighted by Crippen LogP contribution is -2.57. The van der Waals surface area contributed by atoms with E-state index in [-0.39, 0.29) is 25.2 Å². The van der Waals surface area contributed by atoms with Crippen LogP contribution in [0.5, 0.6) is 0 Å². The van der Waals surface area contributed by atoms with Gasteiger partial charge in [0, 0.05) is 62.5 Å². The minimum atomic E-state index is -0.238. The van der Waals surface area contributed by atoms with Gasteiger partial charge in [0.15, 0.2) is 0 Å². The average molecular weight is 528 g/mol. The van der Waals surface area contributed by atoms with Crippen LogP contribution in [0.3, 0.4) is 0 Å². The summed E-state index contributed by atoms with van der Waals surface area (Å²) < 4.78 is 5.34. The Labute approximate surface area is 222 Å². The highest BCUT2D eigenvalue weighted by molar-refractivity contribution is 6.31. The second-order valence-electron chi connectivity index (χ2n) is 9.33. The molecule has 37 heavy (non-hydrogen) atoms. The number of allylic oxidation sites excluding steroid dienone is 2. The van der Waals surface area contributed by atoms with Gasteiger partial charge in [-0.25, -0.2) is 4.98 Å². The molecule has 0 aliphatic carbocycles. The van der Waals surface area contributed by atoms with Gasteiger partial charge in [-0.15, -0.1) is 0 Å². The molecule has 11 heteroatoms. The summed E-state index contributed by atoms with van der Waals surface area (Å²) in [5.41, 5.74) is 3.46. The van der Waals surface area contributed by atoms with E-state index in [1.54, 1.807) is 18.1 Å². The SMILES string of the molecule is C=C(Cl)C(=CC)N1CN(C)c2nc(Nc3ccc(N4CC(C)NC(COC)C4)c(CO)c3)ncc2C1=O. The number of nitrogens with one attached hydrogen (secondary N) is 2. The Balaban J connectivity index is 1.55. The van der Waals surface area contributed by atoms with Crippen LogP contribution in [0.4, 0.5) is 23.1 Å². The molecule has 4 rings (SSSR count). The number of nitrogens with zero attached hydrogens (tertiary/aromatic N) is 5. The van der Waals surface area contributed by atoms with Crippen molar-refractivity contribution < 1.29 is 14.6 Å². The summed E-state index contributed by atoms with van der Waals surface area (Å²) in [6, 6.07) is 6.35. The van der Waals surface area contributed by atoms with E-state index in [1.807, 2.05) is 37.1 Å². The molecule has 2 atom stereocenters. The monoisotopic (exact) mass is 527 g/mol. The quantitative estimate of drug-likeness (QED) is 0.446. The number of hydrogen-bond donors (Lipinski definition) is 3. The normalized spacial score (nSPS) is 20.2. The van der Waals surface area contributed by atoms with Crippen molar-refractivity contribution in [1.82, 2.24) is 20.2 Å². The summed E-state index contributed by atoms with van der Waals surface area (Å²) in [7, 11) is 3.55. The number of fused-ring (bicyclic) bond motifs is 1. The fourth-order valence-electron chi connectivity index (χ4n) is 4.91. The van der Waals surface area contributed by atoms with E-state index in [0.29, 0.717) is 40.7 Å². The largest absolute Gasteiger partial charge is 0.392 e. The van der Waals surface area contributed by atoms with Crippen LogP contribution in [0, 0.1) is 0 Å². The molecule has 10 nitrogen and oxygen atoms in total. The number of methoxy groups -OCH3 is 1. The van der Waals surface area contributed by atoms with Crippen LogP contribution in [0.2, 0.25) is 0 Å². The summed E-state index contributed by atoms with van der Waals surface area (Å²) in [4.78, 5) is 27.8. The third-order valence-electron chi connectivity index (χ3n) is 6.47. The van der Waals surface area contributed by atoms with Crippen molar-refractivity contribution in [3.05, 3.63) is 58.9 Å². The molecule has 1 fully saturated rings. The highest BCUT2D eigenvalue weighted by Crippen LogP contribution is 2.31. The number of piperazine rings is 1. The van der Waals surface area contributed by atoms with Gasteiger partial charge in [-0.2, -0.15) is 4.98 Å². The molecular weight excluding hydrogens is 494 g/mol. The molecule has 2 unspecified atom stereocenters. The van der Waals surface area contributed by atoms with E-state index in [0.717, 1.165) is 30.0 Å². The lowest BCUT2D eigenvalue weighted by atomic mass is 10.1. The third kappa shape index (κ3) is 5.72. The molecular formula is C26H34ClN7O3. The molecule has 0 saturated carbocycles. The molecule has 0 radical (unpaired) electrons. The number of aliphatic hydroxyl groups is 1. The molecule has 3 heterocycles. The van der Waals surface area contributed by atoms with Gasteiger partial charge in [-0.05, 0) is 32.0 Å². The molecule has 3 N–H and O–H groups in total. The van der Waals surface area contributed by atoms with Crippen LogP contribution >= 0.6 is 11.6 Å². The molecule has 2 aliphatic rings. The fourth-order valence-corrected chi connectivity index (χ4v) is 5.12. The van der Waals surface area contributed by atoms with Crippen LogP contribution in [0.15, 0.2) is 47.8 Å². The van der Waals surface area contributed by atoms with Crippen molar-refractivity contribution >= 4 is 40.6 Å². The number of aliphatic hydroxyl groups excluding tert-OH is 1. The van der Waals surface area contributed by atoms with E-state index in [2.05, 4.69) is 39.0 Å². The fraction of sp³-hybridized carbons (Fsp3) is 0.423. The summed E-state index contributed by atoms with van der Waals surface area (Å²) in [6.07, 6.45) is 3.27. The van der Waals surface area contributed by atoms with Gasteiger partial charge in [-0.3, -0.25) is 9.69 Å². The van der Waals surface area contributed by atoms with Gasteiger partial charge in [0.05, 0.1) is 30.6 Å². The number of amides is 1. The molecule has 1 aromatic heterocycles. The van der Waals surface area contributed by atoms with Crippen molar-refractivity contribution in [3.63, 3.8) is 0 Å². The van der Waals surface area contributed by atoms with Crippen LogP contribution in [0.1, 0.15) is 29.8 Å². The Kier molecular flexibility index (Phi) is 8.33. The average Bonchev–Trinajstić information content (AvgIpc) is 2.87. The molecule has 1 amide bonds. The van der Waals surface area contributed by atoms with Gasteiger partial charge >= 0.3 is 0 Å². The van der Waals surface area contributed by atoms with Gasteiger partial charge in [0.2, 0.25) is 5.95 Å². The Hall–Kier alpha value is -3.18. The van der Waals surface area contributed by atoms with Gasteiger partial charge in [0.1, 0.15) is 11.4 Å². The van der Waals surface area contributed by atoms with Crippen LogP contribution in [-0.2, 0) is 11.3 Å². The van der Waals surface area contributed by atoms with Gasteiger partial charge in [0.25, 0.3) is 5.91 Å². The smallest absolute Gasteiger partial charge is 0.265 e. The Morgan fingerprint density at radius 3 is 2.86 bits per heavy atom. The Morgan fingerprint density at radius 1 is 1.41 bits per heavy atom. The van der Waals surface area contributed by atoms with Crippen LogP contribution in [-0.4, -0.2) is 78.5 Å². The van der Waals surface area contributed by atoms with E-state index in [9.17, 15) is 9.90 Å². The van der Waals surface area contributed by atoms with Crippen molar-refractivity contribution in [3.8, 4) is 0 Å². The zero-order chi connectivity index (χ0) is 26.7. The number of anilines is 4. The lowest BCUT2D eigenvalue weighted by Gasteiger charge is -2.39. The lowest BCUT2D eigenvalue weighted by molar-refractivity contribution is 0.0798. The van der Waals surface area contributed by atoms with E-state index in [1.165, 1.54) is 6.20 Å². The highest BCUT2D eigenvalue weighted by Gasteiger charge is 2.32. The summed E-state index contributed by atoms with van der Waals surface area (Å²) in [6.45, 7) is 10.1. The maximum Gasteiger partial charge on any atom is 0.265 e. The van der Waals surface area contributed by atoms with Crippen molar-refractivity contribution in [2.24, 2.45) is 0 Å². The van der Waals surface area contributed by atoms with Gasteiger partial charge in [-0.1, -0.05) is 24.3 Å². The number of halogens is 1. The molecule has 2 aromatic rings.